The van der Waals surface area contributed by atoms with Crippen molar-refractivity contribution in [3.63, 3.8) is 0 Å². The SMILES string of the molecule is Cc1cncnc1C1CNCCS1. The van der Waals surface area contributed by atoms with Crippen LogP contribution < -0.4 is 5.32 Å². The zero-order valence-corrected chi connectivity index (χ0v) is 8.47. The molecular formula is C9H13N3S. The third kappa shape index (κ3) is 2.00. The van der Waals surface area contributed by atoms with Gasteiger partial charge in [0.25, 0.3) is 0 Å². The highest BCUT2D eigenvalue weighted by atomic mass is 32.2. The van der Waals surface area contributed by atoms with Crippen molar-refractivity contribution in [1.82, 2.24) is 15.3 Å². The van der Waals surface area contributed by atoms with Crippen LogP contribution in [0.5, 0.6) is 0 Å². The molecule has 1 aromatic rings. The molecule has 0 radical (unpaired) electrons. The van der Waals surface area contributed by atoms with Crippen LogP contribution in [-0.2, 0) is 0 Å². The van der Waals surface area contributed by atoms with E-state index in [4.69, 9.17) is 0 Å². The van der Waals surface area contributed by atoms with Gasteiger partial charge in [-0.05, 0) is 12.5 Å². The van der Waals surface area contributed by atoms with Crippen LogP contribution in [-0.4, -0.2) is 28.8 Å². The van der Waals surface area contributed by atoms with Crippen LogP contribution in [0.25, 0.3) is 0 Å². The van der Waals surface area contributed by atoms with Crippen LogP contribution in [0.3, 0.4) is 0 Å². The lowest BCUT2D eigenvalue weighted by atomic mass is 10.2. The number of aromatic nitrogens is 2. The lowest BCUT2D eigenvalue weighted by Crippen LogP contribution is -2.28. The molecule has 3 nitrogen and oxygen atoms in total. The number of hydrogen-bond donors (Lipinski definition) is 1. The van der Waals surface area contributed by atoms with E-state index >= 15 is 0 Å². The Labute approximate surface area is 82.4 Å². The van der Waals surface area contributed by atoms with Crippen molar-refractivity contribution in [1.29, 1.82) is 0 Å². The second-order valence-electron chi connectivity index (χ2n) is 3.15. The highest BCUT2D eigenvalue weighted by Gasteiger charge is 2.18. The molecule has 1 aromatic heterocycles. The monoisotopic (exact) mass is 195 g/mol. The summed E-state index contributed by atoms with van der Waals surface area (Å²) in [4.78, 5) is 8.33. The maximum Gasteiger partial charge on any atom is 0.115 e. The Morgan fingerprint density at radius 1 is 1.62 bits per heavy atom. The summed E-state index contributed by atoms with van der Waals surface area (Å²) in [5, 5.41) is 3.89. The van der Waals surface area contributed by atoms with E-state index in [1.54, 1.807) is 6.33 Å². The third-order valence-corrected chi connectivity index (χ3v) is 3.40. The molecule has 4 heteroatoms. The van der Waals surface area contributed by atoms with E-state index in [9.17, 15) is 0 Å². The van der Waals surface area contributed by atoms with E-state index in [-0.39, 0.29) is 0 Å². The van der Waals surface area contributed by atoms with E-state index in [0.717, 1.165) is 13.1 Å². The van der Waals surface area contributed by atoms with Gasteiger partial charge < -0.3 is 5.32 Å². The predicted octanol–water partition coefficient (Wildman–Crippen LogP) is 1.16. The molecule has 0 aliphatic carbocycles. The first-order valence-electron chi connectivity index (χ1n) is 4.47. The van der Waals surface area contributed by atoms with E-state index in [0.29, 0.717) is 5.25 Å². The molecule has 0 saturated carbocycles. The second kappa shape index (κ2) is 4.07. The van der Waals surface area contributed by atoms with E-state index < -0.39 is 0 Å². The summed E-state index contributed by atoms with van der Waals surface area (Å²) in [6, 6.07) is 0. The molecule has 2 rings (SSSR count). The normalized spacial score (nSPS) is 23.0. The summed E-state index contributed by atoms with van der Waals surface area (Å²) in [6.45, 7) is 4.22. The number of thioether (sulfide) groups is 1. The van der Waals surface area contributed by atoms with Crippen molar-refractivity contribution in [3.8, 4) is 0 Å². The second-order valence-corrected chi connectivity index (χ2v) is 4.47. The van der Waals surface area contributed by atoms with Gasteiger partial charge in [0.05, 0.1) is 10.9 Å². The molecule has 0 spiro atoms. The summed E-state index contributed by atoms with van der Waals surface area (Å²) < 4.78 is 0. The van der Waals surface area contributed by atoms with Gasteiger partial charge in [-0.15, -0.1) is 11.8 Å². The number of nitrogens with one attached hydrogen (secondary N) is 1. The van der Waals surface area contributed by atoms with Gasteiger partial charge in [-0.2, -0.15) is 0 Å². The zero-order chi connectivity index (χ0) is 9.10. The van der Waals surface area contributed by atoms with Gasteiger partial charge in [0.2, 0.25) is 0 Å². The minimum absolute atomic E-state index is 0.511. The molecule has 1 N–H and O–H groups in total. The van der Waals surface area contributed by atoms with Crippen LogP contribution in [0.4, 0.5) is 0 Å². The largest absolute Gasteiger partial charge is 0.314 e. The molecule has 2 heterocycles. The fraction of sp³-hybridized carbons (Fsp3) is 0.556. The van der Waals surface area contributed by atoms with Crippen molar-refractivity contribution >= 4 is 11.8 Å². The molecule has 1 unspecified atom stereocenters. The first-order valence-corrected chi connectivity index (χ1v) is 5.51. The fourth-order valence-electron chi connectivity index (χ4n) is 1.49. The van der Waals surface area contributed by atoms with E-state index in [2.05, 4.69) is 22.2 Å². The van der Waals surface area contributed by atoms with Crippen molar-refractivity contribution < 1.29 is 0 Å². The van der Waals surface area contributed by atoms with E-state index in [1.165, 1.54) is 17.0 Å². The molecule has 1 saturated heterocycles. The van der Waals surface area contributed by atoms with Gasteiger partial charge in [-0.3, -0.25) is 0 Å². The minimum Gasteiger partial charge on any atom is -0.314 e. The zero-order valence-electron chi connectivity index (χ0n) is 7.66. The number of aryl methyl sites for hydroxylation is 1. The summed E-state index contributed by atoms with van der Waals surface area (Å²) >= 11 is 1.98. The summed E-state index contributed by atoms with van der Waals surface area (Å²) in [5.74, 6) is 1.17. The molecule has 1 aliphatic heterocycles. The van der Waals surface area contributed by atoms with Gasteiger partial charge in [-0.1, -0.05) is 0 Å². The third-order valence-electron chi connectivity index (χ3n) is 2.17. The molecule has 1 aliphatic rings. The van der Waals surface area contributed by atoms with Crippen LogP contribution in [0.2, 0.25) is 0 Å². The molecule has 0 amide bonds. The highest BCUT2D eigenvalue weighted by molar-refractivity contribution is 7.99. The lowest BCUT2D eigenvalue weighted by Gasteiger charge is -2.22. The molecule has 1 atom stereocenters. The molecule has 1 fully saturated rings. The summed E-state index contributed by atoms with van der Waals surface area (Å²) in [6.07, 6.45) is 3.52. The molecule has 0 aromatic carbocycles. The molecular weight excluding hydrogens is 182 g/mol. The van der Waals surface area contributed by atoms with Crippen LogP contribution >= 0.6 is 11.8 Å². The molecule has 0 bridgehead atoms. The lowest BCUT2D eigenvalue weighted by molar-refractivity contribution is 0.676. The van der Waals surface area contributed by atoms with E-state index in [1.807, 2.05) is 18.0 Å². The smallest absolute Gasteiger partial charge is 0.115 e. The quantitative estimate of drug-likeness (QED) is 0.730. The average Bonchev–Trinajstić information content (AvgIpc) is 2.20. The Morgan fingerprint density at radius 2 is 2.54 bits per heavy atom. The Bertz CT molecular complexity index is 284. The molecule has 70 valence electrons. The number of hydrogen-bond acceptors (Lipinski definition) is 4. The number of nitrogens with zero attached hydrogens (tertiary/aromatic N) is 2. The highest BCUT2D eigenvalue weighted by Crippen LogP contribution is 2.29. The average molecular weight is 195 g/mol. The Balaban J connectivity index is 2.18. The topological polar surface area (TPSA) is 37.8 Å². The van der Waals surface area contributed by atoms with Crippen LogP contribution in [0.1, 0.15) is 16.5 Å². The predicted molar refractivity (Wildman–Crippen MR) is 54.8 cm³/mol. The maximum absolute atomic E-state index is 4.33. The first-order chi connectivity index (χ1) is 6.38. The van der Waals surface area contributed by atoms with Crippen LogP contribution in [0, 0.1) is 6.92 Å². The summed E-state index contributed by atoms with van der Waals surface area (Å²) in [5.41, 5.74) is 2.39. The fourth-order valence-corrected chi connectivity index (χ4v) is 2.67. The van der Waals surface area contributed by atoms with Gasteiger partial charge >= 0.3 is 0 Å². The maximum atomic E-state index is 4.33. The van der Waals surface area contributed by atoms with Crippen LogP contribution in [0.15, 0.2) is 12.5 Å². The van der Waals surface area contributed by atoms with Gasteiger partial charge in [0, 0.05) is 25.0 Å². The van der Waals surface area contributed by atoms with Gasteiger partial charge in [0.1, 0.15) is 6.33 Å². The van der Waals surface area contributed by atoms with Gasteiger partial charge in [0.15, 0.2) is 0 Å². The van der Waals surface area contributed by atoms with Crippen molar-refractivity contribution in [3.05, 3.63) is 23.8 Å². The van der Waals surface area contributed by atoms with Crippen molar-refractivity contribution in [2.24, 2.45) is 0 Å². The molecule has 13 heavy (non-hydrogen) atoms. The first kappa shape index (κ1) is 8.97. The Kier molecular flexibility index (Phi) is 2.80. The number of rotatable bonds is 1. The standard InChI is InChI=1S/C9H13N3S/c1-7-4-11-6-12-9(7)8-5-10-2-3-13-8/h4,6,8,10H,2-3,5H2,1H3. The van der Waals surface area contributed by atoms with Crippen molar-refractivity contribution in [2.45, 2.75) is 12.2 Å². The van der Waals surface area contributed by atoms with Crippen molar-refractivity contribution in [2.75, 3.05) is 18.8 Å². The van der Waals surface area contributed by atoms with Gasteiger partial charge in [-0.25, -0.2) is 9.97 Å². The minimum atomic E-state index is 0.511. The summed E-state index contributed by atoms with van der Waals surface area (Å²) in [7, 11) is 0. The Hall–Kier alpha value is -0.610. The Morgan fingerprint density at radius 3 is 3.23 bits per heavy atom.